The molecule has 1 atom stereocenters. The quantitative estimate of drug-likeness (QED) is 0.733. The summed E-state index contributed by atoms with van der Waals surface area (Å²) in [4.78, 5) is 1.35. The van der Waals surface area contributed by atoms with Crippen LogP contribution in [0.5, 0.6) is 0 Å². The molecule has 106 valence electrons. The average Bonchev–Trinajstić information content (AvgIpc) is 2.25. The SMILES string of the molecule is CCCN(CCC(C)(C#N)NCC)CC(F)(F)F. The van der Waals surface area contributed by atoms with E-state index in [4.69, 9.17) is 5.26 Å². The minimum atomic E-state index is -4.18. The van der Waals surface area contributed by atoms with Crippen LogP contribution in [0.2, 0.25) is 0 Å². The van der Waals surface area contributed by atoms with Crippen molar-refractivity contribution in [2.45, 2.75) is 45.3 Å². The van der Waals surface area contributed by atoms with Crippen molar-refractivity contribution in [3.63, 3.8) is 0 Å². The molecule has 0 bridgehead atoms. The maximum atomic E-state index is 12.4. The lowest BCUT2D eigenvalue weighted by Crippen LogP contribution is -2.45. The second kappa shape index (κ2) is 7.59. The van der Waals surface area contributed by atoms with Gasteiger partial charge in [-0.25, -0.2) is 0 Å². The van der Waals surface area contributed by atoms with Crippen molar-refractivity contribution in [1.82, 2.24) is 10.2 Å². The summed E-state index contributed by atoms with van der Waals surface area (Å²) in [6, 6.07) is 2.12. The zero-order chi connectivity index (χ0) is 14.2. The number of nitrogens with zero attached hydrogens (tertiary/aromatic N) is 2. The van der Waals surface area contributed by atoms with Crippen LogP contribution in [0.3, 0.4) is 0 Å². The second-order valence-electron chi connectivity index (χ2n) is 4.62. The van der Waals surface area contributed by atoms with Gasteiger partial charge >= 0.3 is 6.18 Å². The van der Waals surface area contributed by atoms with Crippen LogP contribution in [0.4, 0.5) is 13.2 Å². The van der Waals surface area contributed by atoms with Crippen molar-refractivity contribution in [1.29, 1.82) is 5.26 Å². The highest BCUT2D eigenvalue weighted by molar-refractivity contribution is 5.03. The Morgan fingerprint density at radius 1 is 1.22 bits per heavy atom. The highest BCUT2D eigenvalue weighted by atomic mass is 19.4. The highest BCUT2D eigenvalue weighted by Gasteiger charge is 2.31. The Kier molecular flexibility index (Phi) is 7.26. The standard InChI is InChI=1S/C12H22F3N3/c1-4-7-18(10-12(13,14)15)8-6-11(3,9-16)17-5-2/h17H,4-8,10H2,1-3H3. The van der Waals surface area contributed by atoms with E-state index in [1.807, 2.05) is 13.8 Å². The topological polar surface area (TPSA) is 39.1 Å². The van der Waals surface area contributed by atoms with Crippen LogP contribution in [0.1, 0.15) is 33.6 Å². The molecule has 0 fully saturated rings. The first kappa shape index (κ1) is 17.2. The molecular formula is C12H22F3N3. The van der Waals surface area contributed by atoms with Gasteiger partial charge in [0.2, 0.25) is 0 Å². The van der Waals surface area contributed by atoms with Crippen LogP contribution in [-0.4, -0.2) is 42.8 Å². The van der Waals surface area contributed by atoms with Crippen LogP contribution in [0, 0.1) is 11.3 Å². The largest absolute Gasteiger partial charge is 0.401 e. The Bertz CT molecular complexity index is 273. The van der Waals surface area contributed by atoms with E-state index in [1.54, 1.807) is 6.92 Å². The molecule has 0 aromatic rings. The molecule has 0 saturated carbocycles. The molecule has 0 heterocycles. The van der Waals surface area contributed by atoms with Crippen molar-refractivity contribution < 1.29 is 13.2 Å². The smallest absolute Gasteiger partial charge is 0.300 e. The first-order chi connectivity index (χ1) is 8.26. The van der Waals surface area contributed by atoms with Crippen LogP contribution in [0.25, 0.3) is 0 Å². The van der Waals surface area contributed by atoms with Crippen LogP contribution in [-0.2, 0) is 0 Å². The molecule has 0 radical (unpaired) electrons. The number of rotatable bonds is 8. The van der Waals surface area contributed by atoms with E-state index in [-0.39, 0.29) is 6.54 Å². The maximum absolute atomic E-state index is 12.4. The lowest BCUT2D eigenvalue weighted by molar-refractivity contribution is -0.146. The van der Waals surface area contributed by atoms with Crippen molar-refractivity contribution in [3.05, 3.63) is 0 Å². The summed E-state index contributed by atoms with van der Waals surface area (Å²) in [5.74, 6) is 0. The lowest BCUT2D eigenvalue weighted by Gasteiger charge is -2.28. The van der Waals surface area contributed by atoms with Gasteiger partial charge in [0.15, 0.2) is 0 Å². The summed E-state index contributed by atoms with van der Waals surface area (Å²) in [7, 11) is 0. The number of halogens is 3. The molecule has 0 spiro atoms. The fourth-order valence-corrected chi connectivity index (χ4v) is 1.80. The zero-order valence-electron chi connectivity index (χ0n) is 11.3. The van der Waals surface area contributed by atoms with E-state index in [0.29, 0.717) is 25.9 Å². The predicted molar refractivity (Wildman–Crippen MR) is 65.1 cm³/mol. The molecule has 3 nitrogen and oxygen atoms in total. The number of hydrogen-bond donors (Lipinski definition) is 1. The summed E-state index contributed by atoms with van der Waals surface area (Å²) in [5.41, 5.74) is -0.758. The van der Waals surface area contributed by atoms with Crippen LogP contribution in [0.15, 0.2) is 0 Å². The summed E-state index contributed by atoms with van der Waals surface area (Å²) in [6.45, 7) is 5.81. The zero-order valence-corrected chi connectivity index (χ0v) is 11.3. The van der Waals surface area contributed by atoms with Gasteiger partial charge in [0.25, 0.3) is 0 Å². The third-order valence-corrected chi connectivity index (χ3v) is 2.68. The molecule has 0 aromatic carbocycles. The Hall–Kier alpha value is -0.800. The molecule has 0 aliphatic carbocycles. The van der Waals surface area contributed by atoms with Gasteiger partial charge in [-0.2, -0.15) is 18.4 Å². The van der Waals surface area contributed by atoms with Gasteiger partial charge in [0.1, 0.15) is 5.54 Å². The molecule has 6 heteroatoms. The summed E-state index contributed by atoms with van der Waals surface area (Å²) < 4.78 is 37.1. The molecule has 18 heavy (non-hydrogen) atoms. The summed E-state index contributed by atoms with van der Waals surface area (Å²) >= 11 is 0. The van der Waals surface area contributed by atoms with Gasteiger partial charge in [0.05, 0.1) is 12.6 Å². The molecule has 0 rings (SSSR count). The monoisotopic (exact) mass is 265 g/mol. The van der Waals surface area contributed by atoms with Crippen molar-refractivity contribution in [2.75, 3.05) is 26.2 Å². The van der Waals surface area contributed by atoms with Gasteiger partial charge < -0.3 is 0 Å². The molecular weight excluding hydrogens is 243 g/mol. The Morgan fingerprint density at radius 2 is 1.83 bits per heavy atom. The summed E-state index contributed by atoms with van der Waals surface area (Å²) in [6.07, 6.45) is -3.13. The Labute approximate surface area is 107 Å². The molecule has 0 aliphatic rings. The third kappa shape index (κ3) is 7.51. The van der Waals surface area contributed by atoms with E-state index in [0.717, 1.165) is 0 Å². The minimum Gasteiger partial charge on any atom is -0.300 e. The fraction of sp³-hybridized carbons (Fsp3) is 0.917. The number of hydrogen-bond acceptors (Lipinski definition) is 3. The third-order valence-electron chi connectivity index (χ3n) is 2.68. The van der Waals surface area contributed by atoms with Gasteiger partial charge in [0, 0.05) is 6.54 Å². The summed E-state index contributed by atoms with van der Waals surface area (Å²) in [5, 5.41) is 12.0. The van der Waals surface area contributed by atoms with Gasteiger partial charge in [-0.05, 0) is 32.9 Å². The second-order valence-corrected chi connectivity index (χ2v) is 4.62. The van der Waals surface area contributed by atoms with E-state index in [2.05, 4.69) is 11.4 Å². The van der Waals surface area contributed by atoms with Gasteiger partial charge in [-0.15, -0.1) is 0 Å². The van der Waals surface area contributed by atoms with Crippen molar-refractivity contribution in [2.24, 2.45) is 0 Å². The van der Waals surface area contributed by atoms with Gasteiger partial charge in [-0.1, -0.05) is 13.8 Å². The Balaban J connectivity index is 4.38. The maximum Gasteiger partial charge on any atom is 0.401 e. The van der Waals surface area contributed by atoms with Crippen LogP contribution < -0.4 is 5.32 Å². The fourth-order valence-electron chi connectivity index (χ4n) is 1.80. The van der Waals surface area contributed by atoms with E-state index in [1.165, 1.54) is 4.90 Å². The van der Waals surface area contributed by atoms with Crippen molar-refractivity contribution in [3.8, 4) is 6.07 Å². The molecule has 0 saturated heterocycles. The number of nitrogens with one attached hydrogen (secondary N) is 1. The first-order valence-corrected chi connectivity index (χ1v) is 6.21. The van der Waals surface area contributed by atoms with Crippen LogP contribution >= 0.6 is 0 Å². The minimum absolute atomic E-state index is 0.268. The number of alkyl halides is 3. The lowest BCUT2D eigenvalue weighted by atomic mass is 9.99. The molecule has 0 aliphatic heterocycles. The van der Waals surface area contributed by atoms with E-state index in [9.17, 15) is 13.2 Å². The predicted octanol–water partition coefficient (Wildman–Crippen LogP) is 2.54. The van der Waals surface area contributed by atoms with Gasteiger partial charge in [-0.3, -0.25) is 10.2 Å². The molecule has 0 amide bonds. The highest BCUT2D eigenvalue weighted by Crippen LogP contribution is 2.18. The number of nitriles is 1. The van der Waals surface area contributed by atoms with Crippen molar-refractivity contribution >= 4 is 0 Å². The molecule has 0 aromatic heterocycles. The first-order valence-electron chi connectivity index (χ1n) is 6.21. The van der Waals surface area contributed by atoms with E-state index >= 15 is 0 Å². The molecule has 1 N–H and O–H groups in total. The van der Waals surface area contributed by atoms with E-state index < -0.39 is 18.3 Å². The normalized spacial score (nSPS) is 15.4. The Morgan fingerprint density at radius 3 is 2.22 bits per heavy atom. The average molecular weight is 265 g/mol. The molecule has 1 unspecified atom stereocenters.